The number of amides is 1. The van der Waals surface area contributed by atoms with Crippen LogP contribution in [-0.4, -0.2) is 13.0 Å². The van der Waals surface area contributed by atoms with E-state index in [1.54, 1.807) is 18.4 Å². The standard InChI is InChI=1S/C17H21NO2S/c1-3-13(14-6-8-15(20-2)9-7-14)11-17(19)18-12-16-5-4-10-21-16/h4-10,13H,3,11-12H2,1-2H3,(H,18,19). The van der Waals surface area contributed by atoms with Crippen molar-refractivity contribution in [2.45, 2.75) is 32.2 Å². The molecule has 2 aromatic rings. The minimum Gasteiger partial charge on any atom is -0.497 e. The predicted octanol–water partition coefficient (Wildman–Crippen LogP) is 3.96. The number of thiophene rings is 1. The minimum atomic E-state index is 0.103. The number of hydrogen-bond acceptors (Lipinski definition) is 3. The number of hydrogen-bond donors (Lipinski definition) is 1. The van der Waals surface area contributed by atoms with Gasteiger partial charge in [-0.25, -0.2) is 0 Å². The molecule has 0 aliphatic heterocycles. The van der Waals surface area contributed by atoms with E-state index in [2.05, 4.69) is 12.2 Å². The maximum Gasteiger partial charge on any atom is 0.220 e. The molecule has 3 nitrogen and oxygen atoms in total. The number of nitrogens with one attached hydrogen (secondary N) is 1. The van der Waals surface area contributed by atoms with Crippen molar-refractivity contribution in [2.75, 3.05) is 7.11 Å². The largest absolute Gasteiger partial charge is 0.497 e. The van der Waals surface area contributed by atoms with Crippen LogP contribution < -0.4 is 10.1 Å². The molecule has 1 aromatic heterocycles. The van der Waals surface area contributed by atoms with Gasteiger partial charge in [-0.05, 0) is 41.5 Å². The number of rotatable bonds is 7. The lowest BCUT2D eigenvalue weighted by atomic mass is 9.93. The van der Waals surface area contributed by atoms with E-state index >= 15 is 0 Å². The summed E-state index contributed by atoms with van der Waals surface area (Å²) in [7, 11) is 1.66. The number of carbonyl (C=O) groups excluding carboxylic acids is 1. The van der Waals surface area contributed by atoms with Crippen molar-refractivity contribution in [3.05, 3.63) is 52.2 Å². The maximum absolute atomic E-state index is 12.1. The van der Waals surface area contributed by atoms with Crippen LogP contribution >= 0.6 is 11.3 Å². The molecule has 0 aliphatic rings. The van der Waals surface area contributed by atoms with Gasteiger partial charge in [0, 0.05) is 11.3 Å². The number of ether oxygens (including phenoxy) is 1. The van der Waals surface area contributed by atoms with Gasteiger partial charge in [-0.3, -0.25) is 4.79 Å². The summed E-state index contributed by atoms with van der Waals surface area (Å²) < 4.78 is 5.17. The third-order valence-electron chi connectivity index (χ3n) is 3.55. The Labute approximate surface area is 130 Å². The van der Waals surface area contributed by atoms with Gasteiger partial charge in [0.2, 0.25) is 5.91 Å². The molecule has 21 heavy (non-hydrogen) atoms. The zero-order valence-electron chi connectivity index (χ0n) is 12.5. The second kappa shape index (κ2) is 7.84. The van der Waals surface area contributed by atoms with Crippen LogP contribution in [-0.2, 0) is 11.3 Å². The summed E-state index contributed by atoms with van der Waals surface area (Å²) >= 11 is 1.66. The Balaban J connectivity index is 1.89. The molecule has 0 fully saturated rings. The number of carbonyl (C=O) groups is 1. The highest BCUT2D eigenvalue weighted by Gasteiger charge is 2.14. The average molecular weight is 303 g/mol. The van der Waals surface area contributed by atoms with E-state index in [4.69, 9.17) is 4.74 Å². The number of benzene rings is 1. The van der Waals surface area contributed by atoms with Crippen LogP contribution in [0.2, 0.25) is 0 Å². The van der Waals surface area contributed by atoms with Gasteiger partial charge in [-0.1, -0.05) is 25.1 Å². The van der Waals surface area contributed by atoms with Gasteiger partial charge in [0.15, 0.2) is 0 Å². The molecule has 0 saturated heterocycles. The lowest BCUT2D eigenvalue weighted by molar-refractivity contribution is -0.121. The van der Waals surface area contributed by atoms with Crippen molar-refractivity contribution in [2.24, 2.45) is 0 Å². The molecule has 1 amide bonds. The smallest absolute Gasteiger partial charge is 0.220 e. The first-order valence-electron chi connectivity index (χ1n) is 7.16. The van der Waals surface area contributed by atoms with Crippen LogP contribution in [0.4, 0.5) is 0 Å². The fraction of sp³-hybridized carbons (Fsp3) is 0.353. The SMILES string of the molecule is CCC(CC(=O)NCc1cccs1)c1ccc(OC)cc1. The van der Waals surface area contributed by atoms with Crippen LogP contribution in [0.15, 0.2) is 41.8 Å². The van der Waals surface area contributed by atoms with E-state index in [9.17, 15) is 4.79 Å². The summed E-state index contributed by atoms with van der Waals surface area (Å²) in [5.74, 6) is 1.20. The molecule has 0 aliphatic carbocycles. The van der Waals surface area contributed by atoms with E-state index in [0.717, 1.165) is 12.2 Å². The van der Waals surface area contributed by atoms with E-state index in [0.29, 0.717) is 13.0 Å². The molecule has 112 valence electrons. The molecule has 1 aromatic carbocycles. The van der Waals surface area contributed by atoms with E-state index < -0.39 is 0 Å². The predicted molar refractivity (Wildman–Crippen MR) is 86.8 cm³/mol. The van der Waals surface area contributed by atoms with Crippen molar-refractivity contribution in [1.82, 2.24) is 5.32 Å². The molecule has 0 bridgehead atoms. The fourth-order valence-corrected chi connectivity index (χ4v) is 2.91. The molecular weight excluding hydrogens is 282 g/mol. The van der Waals surface area contributed by atoms with Crippen LogP contribution in [0.25, 0.3) is 0 Å². The quantitative estimate of drug-likeness (QED) is 0.841. The van der Waals surface area contributed by atoms with Gasteiger partial charge in [-0.15, -0.1) is 11.3 Å². The first-order chi connectivity index (χ1) is 10.2. The van der Waals surface area contributed by atoms with E-state index in [-0.39, 0.29) is 11.8 Å². The molecule has 0 saturated carbocycles. The van der Waals surface area contributed by atoms with Gasteiger partial charge in [0.1, 0.15) is 5.75 Å². The monoisotopic (exact) mass is 303 g/mol. The summed E-state index contributed by atoms with van der Waals surface area (Å²) in [6.07, 6.45) is 1.47. The molecule has 1 heterocycles. The molecular formula is C17H21NO2S. The summed E-state index contributed by atoms with van der Waals surface area (Å²) in [5, 5.41) is 5.01. The Hall–Kier alpha value is -1.81. The van der Waals surface area contributed by atoms with Crippen molar-refractivity contribution < 1.29 is 9.53 Å². The summed E-state index contributed by atoms with van der Waals surface area (Å²) in [5.41, 5.74) is 1.18. The van der Waals surface area contributed by atoms with Crippen LogP contribution in [0.5, 0.6) is 5.75 Å². The Bertz CT molecular complexity index is 549. The second-order valence-electron chi connectivity index (χ2n) is 4.94. The van der Waals surface area contributed by atoms with Gasteiger partial charge < -0.3 is 10.1 Å². The Morgan fingerprint density at radius 2 is 2.05 bits per heavy atom. The lowest BCUT2D eigenvalue weighted by Crippen LogP contribution is -2.24. The summed E-state index contributed by atoms with van der Waals surface area (Å²) in [6.45, 7) is 2.73. The maximum atomic E-state index is 12.1. The molecule has 1 unspecified atom stereocenters. The molecule has 1 N–H and O–H groups in total. The van der Waals surface area contributed by atoms with Gasteiger partial charge in [0.25, 0.3) is 0 Å². The van der Waals surface area contributed by atoms with E-state index in [1.807, 2.05) is 41.8 Å². The highest BCUT2D eigenvalue weighted by Crippen LogP contribution is 2.25. The van der Waals surface area contributed by atoms with Crippen molar-refractivity contribution in [1.29, 1.82) is 0 Å². The number of methoxy groups -OCH3 is 1. The zero-order valence-corrected chi connectivity index (χ0v) is 13.3. The molecule has 0 spiro atoms. The first-order valence-corrected chi connectivity index (χ1v) is 8.04. The highest BCUT2D eigenvalue weighted by atomic mass is 32.1. The fourth-order valence-electron chi connectivity index (χ4n) is 2.27. The minimum absolute atomic E-state index is 0.103. The Morgan fingerprint density at radius 3 is 2.62 bits per heavy atom. The first kappa shape index (κ1) is 15.6. The summed E-state index contributed by atoms with van der Waals surface area (Å²) in [6, 6.07) is 12.0. The van der Waals surface area contributed by atoms with Crippen molar-refractivity contribution in [3.8, 4) is 5.75 Å². The third kappa shape index (κ3) is 4.60. The van der Waals surface area contributed by atoms with Crippen LogP contribution in [0, 0.1) is 0 Å². The molecule has 1 atom stereocenters. The third-order valence-corrected chi connectivity index (χ3v) is 4.43. The lowest BCUT2D eigenvalue weighted by Gasteiger charge is -2.15. The second-order valence-corrected chi connectivity index (χ2v) is 5.97. The molecule has 4 heteroatoms. The van der Waals surface area contributed by atoms with Crippen molar-refractivity contribution in [3.63, 3.8) is 0 Å². The Morgan fingerprint density at radius 1 is 1.29 bits per heavy atom. The van der Waals surface area contributed by atoms with Gasteiger partial charge in [0.05, 0.1) is 13.7 Å². The van der Waals surface area contributed by atoms with Gasteiger partial charge in [-0.2, -0.15) is 0 Å². The average Bonchev–Trinajstić information content (AvgIpc) is 3.04. The van der Waals surface area contributed by atoms with Crippen LogP contribution in [0.3, 0.4) is 0 Å². The summed E-state index contributed by atoms with van der Waals surface area (Å²) in [4.78, 5) is 13.3. The normalized spacial score (nSPS) is 11.9. The van der Waals surface area contributed by atoms with E-state index in [1.165, 1.54) is 10.4 Å². The Kier molecular flexibility index (Phi) is 5.81. The zero-order chi connectivity index (χ0) is 15.1. The molecule has 0 radical (unpaired) electrons. The highest BCUT2D eigenvalue weighted by molar-refractivity contribution is 7.09. The van der Waals surface area contributed by atoms with Crippen molar-refractivity contribution >= 4 is 17.2 Å². The molecule has 2 rings (SSSR count). The van der Waals surface area contributed by atoms with Gasteiger partial charge >= 0.3 is 0 Å². The van der Waals surface area contributed by atoms with Crippen LogP contribution in [0.1, 0.15) is 36.1 Å². The topological polar surface area (TPSA) is 38.3 Å².